The molecule has 1 rings (SSSR count). The van der Waals surface area contributed by atoms with Gasteiger partial charge in [-0.05, 0) is 24.7 Å². The number of carbonyl (C=O) groups excluding carboxylic acids is 2. The van der Waals surface area contributed by atoms with Gasteiger partial charge in [-0.1, -0.05) is 12.1 Å². The van der Waals surface area contributed by atoms with Crippen molar-refractivity contribution < 1.29 is 9.59 Å². The van der Waals surface area contributed by atoms with E-state index in [0.29, 0.717) is 18.7 Å². The summed E-state index contributed by atoms with van der Waals surface area (Å²) in [6.45, 7) is 1.77. The first kappa shape index (κ1) is 18.2. The standard InChI is InChI=1S/C13H20N4O2.ClH/c1-15-7-8-17(2)12(18)11-5-3-10(4-6-11)9-16-13(14)19;/h3-6,15H,7-9H2,1-2H3,(H3,14,16,19);1H. The molecule has 0 heterocycles. The topological polar surface area (TPSA) is 87.5 Å². The lowest BCUT2D eigenvalue weighted by atomic mass is 10.1. The van der Waals surface area contributed by atoms with Crippen LogP contribution in [0.3, 0.4) is 0 Å². The van der Waals surface area contributed by atoms with Crippen molar-refractivity contribution >= 4 is 24.3 Å². The molecule has 7 heteroatoms. The van der Waals surface area contributed by atoms with Gasteiger partial charge >= 0.3 is 6.03 Å². The predicted octanol–water partition coefficient (Wildman–Crippen LogP) is 0.568. The van der Waals surface area contributed by atoms with Crippen molar-refractivity contribution in [2.24, 2.45) is 5.73 Å². The summed E-state index contributed by atoms with van der Waals surface area (Å²) in [4.78, 5) is 24.3. The van der Waals surface area contributed by atoms with Crippen molar-refractivity contribution in [3.05, 3.63) is 35.4 Å². The van der Waals surface area contributed by atoms with E-state index < -0.39 is 6.03 Å². The van der Waals surface area contributed by atoms with E-state index in [-0.39, 0.29) is 18.3 Å². The molecule has 0 fully saturated rings. The summed E-state index contributed by atoms with van der Waals surface area (Å²) in [6.07, 6.45) is 0. The zero-order valence-electron chi connectivity index (χ0n) is 11.7. The SMILES string of the molecule is CNCCN(C)C(=O)c1ccc(CNC(N)=O)cc1.Cl. The summed E-state index contributed by atoms with van der Waals surface area (Å²) >= 11 is 0. The number of likely N-dealkylation sites (N-methyl/N-ethyl adjacent to an activating group) is 2. The van der Waals surface area contributed by atoms with E-state index in [0.717, 1.165) is 12.1 Å². The molecule has 0 radical (unpaired) electrons. The largest absolute Gasteiger partial charge is 0.352 e. The maximum Gasteiger partial charge on any atom is 0.312 e. The Hall–Kier alpha value is -1.79. The number of hydrogen-bond acceptors (Lipinski definition) is 3. The Balaban J connectivity index is 0.00000361. The van der Waals surface area contributed by atoms with E-state index in [1.165, 1.54) is 0 Å². The normalized spacial score (nSPS) is 9.50. The number of rotatable bonds is 6. The van der Waals surface area contributed by atoms with E-state index in [4.69, 9.17) is 5.73 Å². The van der Waals surface area contributed by atoms with Gasteiger partial charge in [0.2, 0.25) is 0 Å². The highest BCUT2D eigenvalue weighted by Crippen LogP contribution is 2.06. The minimum absolute atomic E-state index is 0. The van der Waals surface area contributed by atoms with Crippen LogP contribution in [0.25, 0.3) is 0 Å². The fraction of sp³-hybridized carbons (Fsp3) is 0.385. The molecule has 0 atom stereocenters. The molecule has 1 aromatic carbocycles. The van der Waals surface area contributed by atoms with Gasteiger partial charge in [0.1, 0.15) is 0 Å². The molecule has 0 aromatic heterocycles. The molecule has 6 nitrogen and oxygen atoms in total. The number of nitrogens with two attached hydrogens (primary N) is 1. The number of nitrogens with one attached hydrogen (secondary N) is 2. The van der Waals surface area contributed by atoms with Crippen LogP contribution in [-0.4, -0.2) is 44.0 Å². The monoisotopic (exact) mass is 300 g/mol. The fourth-order valence-electron chi connectivity index (χ4n) is 1.56. The van der Waals surface area contributed by atoms with Gasteiger partial charge in [-0.25, -0.2) is 4.79 Å². The van der Waals surface area contributed by atoms with Crippen molar-refractivity contribution in [2.75, 3.05) is 27.2 Å². The van der Waals surface area contributed by atoms with Gasteiger partial charge < -0.3 is 21.3 Å². The molecule has 112 valence electrons. The van der Waals surface area contributed by atoms with Crippen molar-refractivity contribution in [3.8, 4) is 0 Å². The van der Waals surface area contributed by atoms with Crippen LogP contribution < -0.4 is 16.4 Å². The number of benzene rings is 1. The van der Waals surface area contributed by atoms with E-state index >= 15 is 0 Å². The van der Waals surface area contributed by atoms with Crippen LogP contribution in [0, 0.1) is 0 Å². The third-order valence-electron chi connectivity index (χ3n) is 2.71. The first-order valence-electron chi connectivity index (χ1n) is 6.07. The van der Waals surface area contributed by atoms with E-state index in [2.05, 4.69) is 10.6 Å². The molecule has 0 bridgehead atoms. The van der Waals surface area contributed by atoms with Crippen LogP contribution in [0.2, 0.25) is 0 Å². The number of amides is 3. The lowest BCUT2D eigenvalue weighted by Crippen LogP contribution is -2.32. The Morgan fingerprint density at radius 1 is 1.25 bits per heavy atom. The zero-order valence-corrected chi connectivity index (χ0v) is 12.5. The van der Waals surface area contributed by atoms with Gasteiger partial charge in [0.25, 0.3) is 5.91 Å². The maximum atomic E-state index is 12.0. The Bertz CT molecular complexity index is 437. The quantitative estimate of drug-likeness (QED) is 0.718. The number of halogens is 1. The lowest BCUT2D eigenvalue weighted by Gasteiger charge is -2.17. The molecule has 0 aliphatic rings. The van der Waals surface area contributed by atoms with Crippen LogP contribution >= 0.6 is 12.4 Å². The van der Waals surface area contributed by atoms with Crippen molar-refractivity contribution in [1.29, 1.82) is 0 Å². The second-order valence-corrected chi connectivity index (χ2v) is 4.24. The molecular formula is C13H21ClN4O2. The first-order valence-corrected chi connectivity index (χ1v) is 6.07. The smallest absolute Gasteiger partial charge is 0.312 e. The van der Waals surface area contributed by atoms with Crippen LogP contribution in [0.5, 0.6) is 0 Å². The van der Waals surface area contributed by atoms with Crippen molar-refractivity contribution in [2.45, 2.75) is 6.54 Å². The highest BCUT2D eigenvalue weighted by molar-refractivity contribution is 5.94. The number of hydrogen-bond donors (Lipinski definition) is 3. The molecule has 1 aromatic rings. The van der Waals surface area contributed by atoms with Crippen molar-refractivity contribution in [1.82, 2.24) is 15.5 Å². The van der Waals surface area contributed by atoms with Crippen LogP contribution in [0.15, 0.2) is 24.3 Å². The molecule has 20 heavy (non-hydrogen) atoms. The van der Waals surface area contributed by atoms with Gasteiger partial charge in [0, 0.05) is 32.2 Å². The second-order valence-electron chi connectivity index (χ2n) is 4.24. The number of nitrogens with zero attached hydrogens (tertiary/aromatic N) is 1. The third-order valence-corrected chi connectivity index (χ3v) is 2.71. The Morgan fingerprint density at radius 3 is 2.35 bits per heavy atom. The van der Waals surface area contributed by atoms with E-state index in [9.17, 15) is 9.59 Å². The number of primary amides is 1. The molecule has 0 saturated heterocycles. The van der Waals surface area contributed by atoms with Gasteiger partial charge in [-0.15, -0.1) is 12.4 Å². The summed E-state index contributed by atoms with van der Waals surface area (Å²) in [5, 5.41) is 5.49. The fourth-order valence-corrected chi connectivity index (χ4v) is 1.56. The second kappa shape index (κ2) is 9.17. The zero-order chi connectivity index (χ0) is 14.3. The molecule has 3 amide bonds. The molecule has 0 unspecified atom stereocenters. The predicted molar refractivity (Wildman–Crippen MR) is 81.0 cm³/mol. The molecular weight excluding hydrogens is 280 g/mol. The van der Waals surface area contributed by atoms with Crippen LogP contribution in [0.4, 0.5) is 4.79 Å². The average molecular weight is 301 g/mol. The number of carbonyl (C=O) groups is 2. The minimum atomic E-state index is -0.563. The van der Waals surface area contributed by atoms with Crippen LogP contribution in [-0.2, 0) is 6.54 Å². The number of urea groups is 1. The van der Waals surface area contributed by atoms with E-state index in [1.54, 1.807) is 36.2 Å². The molecule has 4 N–H and O–H groups in total. The lowest BCUT2D eigenvalue weighted by molar-refractivity contribution is 0.0797. The maximum absolute atomic E-state index is 12.0. The highest BCUT2D eigenvalue weighted by Gasteiger charge is 2.10. The van der Waals surface area contributed by atoms with E-state index in [1.807, 2.05) is 7.05 Å². The minimum Gasteiger partial charge on any atom is -0.352 e. The highest BCUT2D eigenvalue weighted by atomic mass is 35.5. The third kappa shape index (κ3) is 5.90. The molecule has 0 aliphatic heterocycles. The summed E-state index contributed by atoms with van der Waals surface area (Å²) in [7, 11) is 3.61. The van der Waals surface area contributed by atoms with Gasteiger partial charge in [-0.2, -0.15) is 0 Å². The van der Waals surface area contributed by atoms with Gasteiger partial charge in [0.05, 0.1) is 0 Å². The van der Waals surface area contributed by atoms with Crippen molar-refractivity contribution in [3.63, 3.8) is 0 Å². The Labute approximate surface area is 125 Å². The Kier molecular flexibility index (Phi) is 8.35. The molecule has 0 saturated carbocycles. The molecule has 0 spiro atoms. The summed E-state index contributed by atoms with van der Waals surface area (Å²) in [5.41, 5.74) is 6.51. The first-order chi connectivity index (χ1) is 9.04. The Morgan fingerprint density at radius 2 is 1.85 bits per heavy atom. The van der Waals surface area contributed by atoms with Gasteiger partial charge in [0.15, 0.2) is 0 Å². The average Bonchev–Trinajstić information content (AvgIpc) is 2.42. The summed E-state index contributed by atoms with van der Waals surface area (Å²) < 4.78 is 0. The summed E-state index contributed by atoms with van der Waals surface area (Å²) in [5.74, 6) is -0.0235. The van der Waals surface area contributed by atoms with Crippen LogP contribution in [0.1, 0.15) is 15.9 Å². The molecule has 0 aliphatic carbocycles. The summed E-state index contributed by atoms with van der Waals surface area (Å²) in [6, 6.07) is 6.53. The van der Waals surface area contributed by atoms with Gasteiger partial charge in [-0.3, -0.25) is 4.79 Å².